The van der Waals surface area contributed by atoms with Gasteiger partial charge in [0, 0.05) is 0 Å². The van der Waals surface area contributed by atoms with Crippen LogP contribution in [0.4, 0.5) is 0 Å². The van der Waals surface area contributed by atoms with Crippen LogP contribution in [0, 0.1) is 0 Å². The minimum absolute atomic E-state index is 1.21. The molecule has 0 aliphatic rings. The fourth-order valence-corrected chi connectivity index (χ4v) is 8.74. The van der Waals surface area contributed by atoms with Crippen LogP contribution in [0.25, 0.3) is 109 Å². The smallest absolute Gasteiger partial charge is 0.00206 e. The quantitative estimate of drug-likeness (QED) is 0.170. The summed E-state index contributed by atoms with van der Waals surface area (Å²) in [6.07, 6.45) is 0. The summed E-state index contributed by atoms with van der Waals surface area (Å²) in [4.78, 5) is 0. The normalized spacial score (nSPS) is 12.0. The zero-order valence-corrected chi connectivity index (χ0v) is 27.3. The highest BCUT2D eigenvalue weighted by molar-refractivity contribution is 6.27. The van der Waals surface area contributed by atoms with Crippen LogP contribution < -0.4 is 0 Å². The third kappa shape index (κ3) is 3.94. The third-order valence-corrected chi connectivity index (χ3v) is 11.0. The zero-order chi connectivity index (χ0) is 32.8. The SMILES string of the molecule is c1ccc(-c2cccc(-c3cccc(-c4ccc5ccc6cccc7ccc4c5c67)c3)c2-c2ccc3ccc4cccc5ccc2c3c45)cc1. The van der Waals surface area contributed by atoms with Crippen molar-refractivity contribution in [3.8, 4) is 44.5 Å². The molecule has 11 rings (SSSR count). The highest BCUT2D eigenvalue weighted by Crippen LogP contribution is 2.47. The second-order valence-corrected chi connectivity index (χ2v) is 13.6. The molecule has 230 valence electrons. The summed E-state index contributed by atoms with van der Waals surface area (Å²) in [6.45, 7) is 0. The number of hydrogen-bond donors (Lipinski definition) is 0. The van der Waals surface area contributed by atoms with Crippen LogP contribution in [-0.4, -0.2) is 0 Å². The molecule has 0 bridgehead atoms. The number of hydrogen-bond acceptors (Lipinski definition) is 0. The van der Waals surface area contributed by atoms with Gasteiger partial charge < -0.3 is 0 Å². The molecule has 0 aliphatic heterocycles. The van der Waals surface area contributed by atoms with Crippen molar-refractivity contribution in [3.05, 3.63) is 182 Å². The van der Waals surface area contributed by atoms with Crippen LogP contribution in [0.3, 0.4) is 0 Å². The summed E-state index contributed by atoms with van der Waals surface area (Å²) in [7, 11) is 0. The Balaban J connectivity index is 1.18. The molecule has 0 amide bonds. The van der Waals surface area contributed by atoms with E-state index in [9.17, 15) is 0 Å². The molecule has 0 heterocycles. The first-order valence-electron chi connectivity index (χ1n) is 17.4. The predicted molar refractivity (Wildman–Crippen MR) is 216 cm³/mol. The monoisotopic (exact) mass is 630 g/mol. The molecule has 0 fully saturated rings. The van der Waals surface area contributed by atoms with E-state index in [1.165, 1.54) is 109 Å². The summed E-state index contributed by atoms with van der Waals surface area (Å²) in [5.41, 5.74) is 9.94. The Hall–Kier alpha value is -6.50. The van der Waals surface area contributed by atoms with E-state index in [1.807, 2.05) is 0 Å². The summed E-state index contributed by atoms with van der Waals surface area (Å²) >= 11 is 0. The molecule has 11 aromatic rings. The minimum Gasteiger partial charge on any atom is -0.0622 e. The Kier molecular flexibility index (Phi) is 5.76. The molecule has 0 spiro atoms. The summed E-state index contributed by atoms with van der Waals surface area (Å²) in [5, 5.41) is 15.7. The van der Waals surface area contributed by atoms with Crippen LogP contribution in [-0.2, 0) is 0 Å². The van der Waals surface area contributed by atoms with Crippen molar-refractivity contribution in [2.24, 2.45) is 0 Å². The van der Waals surface area contributed by atoms with Gasteiger partial charge >= 0.3 is 0 Å². The van der Waals surface area contributed by atoms with Crippen molar-refractivity contribution in [1.29, 1.82) is 0 Å². The molecule has 0 aromatic heterocycles. The molecule has 0 unspecified atom stereocenters. The van der Waals surface area contributed by atoms with Crippen molar-refractivity contribution >= 4 is 64.6 Å². The van der Waals surface area contributed by atoms with Crippen molar-refractivity contribution in [1.82, 2.24) is 0 Å². The molecule has 0 nitrogen and oxygen atoms in total. The summed E-state index contributed by atoms with van der Waals surface area (Å²) < 4.78 is 0. The Labute approximate surface area is 290 Å². The molecular weight excluding hydrogens is 601 g/mol. The lowest BCUT2D eigenvalue weighted by Gasteiger charge is -2.20. The summed E-state index contributed by atoms with van der Waals surface area (Å²) in [5.74, 6) is 0. The fraction of sp³-hybridized carbons (Fsp3) is 0. The van der Waals surface area contributed by atoms with Crippen LogP contribution >= 0.6 is 0 Å². The van der Waals surface area contributed by atoms with Gasteiger partial charge in [-0.1, -0.05) is 176 Å². The van der Waals surface area contributed by atoms with E-state index in [-0.39, 0.29) is 0 Å². The second kappa shape index (κ2) is 10.5. The average molecular weight is 631 g/mol. The van der Waals surface area contributed by atoms with E-state index in [2.05, 4.69) is 182 Å². The maximum atomic E-state index is 2.40. The fourth-order valence-electron chi connectivity index (χ4n) is 8.74. The molecule has 50 heavy (non-hydrogen) atoms. The van der Waals surface area contributed by atoms with Gasteiger partial charge in [-0.15, -0.1) is 0 Å². The van der Waals surface area contributed by atoms with E-state index in [0.29, 0.717) is 0 Å². The Bertz CT molecular complexity index is 3040. The molecule has 0 radical (unpaired) electrons. The van der Waals surface area contributed by atoms with Crippen molar-refractivity contribution < 1.29 is 0 Å². The van der Waals surface area contributed by atoms with Gasteiger partial charge in [0.2, 0.25) is 0 Å². The first kappa shape index (κ1) is 27.5. The Morgan fingerprint density at radius 1 is 0.220 bits per heavy atom. The highest BCUT2D eigenvalue weighted by Gasteiger charge is 2.20. The van der Waals surface area contributed by atoms with Gasteiger partial charge in [0.05, 0.1) is 0 Å². The maximum Gasteiger partial charge on any atom is -0.00206 e. The van der Waals surface area contributed by atoms with E-state index in [1.54, 1.807) is 0 Å². The van der Waals surface area contributed by atoms with Gasteiger partial charge in [-0.2, -0.15) is 0 Å². The third-order valence-electron chi connectivity index (χ3n) is 11.0. The lowest BCUT2D eigenvalue weighted by Crippen LogP contribution is -1.93. The van der Waals surface area contributed by atoms with Gasteiger partial charge in [0.1, 0.15) is 0 Å². The van der Waals surface area contributed by atoms with Gasteiger partial charge in [0.25, 0.3) is 0 Å². The first-order chi connectivity index (χ1) is 24.8. The van der Waals surface area contributed by atoms with Crippen molar-refractivity contribution in [2.45, 2.75) is 0 Å². The largest absolute Gasteiger partial charge is 0.0622 e. The highest BCUT2D eigenvalue weighted by atomic mass is 14.2. The van der Waals surface area contributed by atoms with Gasteiger partial charge in [0.15, 0.2) is 0 Å². The van der Waals surface area contributed by atoms with E-state index in [4.69, 9.17) is 0 Å². The first-order valence-corrected chi connectivity index (χ1v) is 17.4. The molecule has 0 heteroatoms. The molecule has 0 saturated carbocycles. The lowest BCUT2D eigenvalue weighted by molar-refractivity contribution is 1.57. The average Bonchev–Trinajstić information content (AvgIpc) is 3.19. The van der Waals surface area contributed by atoms with Crippen molar-refractivity contribution in [3.63, 3.8) is 0 Å². The van der Waals surface area contributed by atoms with Gasteiger partial charge in [-0.05, 0) is 115 Å². The minimum atomic E-state index is 1.21. The van der Waals surface area contributed by atoms with Crippen LogP contribution in [0.2, 0.25) is 0 Å². The van der Waals surface area contributed by atoms with Gasteiger partial charge in [-0.25, -0.2) is 0 Å². The maximum absolute atomic E-state index is 2.40. The Morgan fingerprint density at radius 3 is 1.22 bits per heavy atom. The molecular formula is C50H30. The summed E-state index contributed by atoms with van der Waals surface area (Å²) in [6, 6.07) is 67.7. The topological polar surface area (TPSA) is 0 Å². The molecule has 0 aliphatic carbocycles. The second-order valence-electron chi connectivity index (χ2n) is 13.6. The van der Waals surface area contributed by atoms with E-state index >= 15 is 0 Å². The molecule has 0 N–H and O–H groups in total. The van der Waals surface area contributed by atoms with Crippen LogP contribution in [0.5, 0.6) is 0 Å². The number of benzene rings is 11. The van der Waals surface area contributed by atoms with Crippen LogP contribution in [0.15, 0.2) is 182 Å². The van der Waals surface area contributed by atoms with Crippen molar-refractivity contribution in [2.75, 3.05) is 0 Å². The van der Waals surface area contributed by atoms with E-state index in [0.717, 1.165) is 0 Å². The molecule has 11 aromatic carbocycles. The number of rotatable bonds is 4. The predicted octanol–water partition coefficient (Wildman–Crippen LogP) is 14.1. The lowest BCUT2D eigenvalue weighted by atomic mass is 9.83. The Morgan fingerprint density at radius 2 is 0.620 bits per heavy atom. The zero-order valence-electron chi connectivity index (χ0n) is 27.3. The van der Waals surface area contributed by atoms with Crippen LogP contribution in [0.1, 0.15) is 0 Å². The van der Waals surface area contributed by atoms with Gasteiger partial charge in [-0.3, -0.25) is 0 Å². The molecule has 0 atom stereocenters. The molecule has 0 saturated heterocycles. The van der Waals surface area contributed by atoms with E-state index < -0.39 is 0 Å². The standard InChI is InChI=1S/C50H30/c1-2-8-31(9-3-1)41-16-7-17-42(50(41)45-29-25-37-21-19-33-11-5-13-35-24-28-44(45)49(37)47(33)35)39-15-6-14-38(30-39)40-26-22-36-20-18-32-10-4-12-34-23-27-43(40)48(36)46(32)34/h1-30H.